The Kier molecular flexibility index (Phi) is 10.2. The third kappa shape index (κ3) is 8.75. The number of benzene rings is 2. The molecule has 0 spiro atoms. The lowest BCUT2D eigenvalue weighted by Gasteiger charge is -2.19. The van der Waals surface area contributed by atoms with Crippen LogP contribution in [0.1, 0.15) is 70.4 Å². The van der Waals surface area contributed by atoms with Crippen molar-refractivity contribution in [3.05, 3.63) is 59.7 Å². The molecule has 0 fully saturated rings. The van der Waals surface area contributed by atoms with Gasteiger partial charge in [0.1, 0.15) is 23.4 Å². The lowest BCUT2D eigenvalue weighted by Crippen LogP contribution is -2.10. The van der Waals surface area contributed by atoms with Crippen LogP contribution in [0, 0.1) is 0 Å². The fourth-order valence-electron chi connectivity index (χ4n) is 3.27. The molecule has 0 saturated carbocycles. The van der Waals surface area contributed by atoms with E-state index < -0.39 is 7.60 Å². The van der Waals surface area contributed by atoms with Crippen LogP contribution in [0.5, 0.6) is 11.5 Å². The smallest absolute Gasteiger partial charge is 0.416 e. The van der Waals surface area contributed by atoms with E-state index in [1.54, 1.807) is 24.3 Å². The van der Waals surface area contributed by atoms with Crippen LogP contribution in [-0.4, -0.2) is 11.9 Å². The summed E-state index contributed by atoms with van der Waals surface area (Å²) in [5.41, 5.74) is 2.44. The summed E-state index contributed by atoms with van der Waals surface area (Å²) in [4.78, 5) is 11.7. The molecule has 0 radical (unpaired) electrons. The van der Waals surface area contributed by atoms with Crippen molar-refractivity contribution in [3.8, 4) is 11.5 Å². The summed E-state index contributed by atoms with van der Waals surface area (Å²) in [5.74, 6) is 0.677. The molecule has 0 N–H and O–H groups in total. The Morgan fingerprint density at radius 3 is 1.47 bits per heavy atom. The predicted molar refractivity (Wildman–Crippen MR) is 124 cm³/mol. The second kappa shape index (κ2) is 12.6. The van der Waals surface area contributed by atoms with Gasteiger partial charge in [-0.3, -0.25) is 4.79 Å². The molecule has 0 aliphatic heterocycles. The Balaban J connectivity index is 2.04. The number of carbonyl (C=O) groups is 1. The number of carbonyl (C=O) groups excluding carboxylic acids is 1. The lowest BCUT2D eigenvalue weighted by molar-refractivity contribution is -0.114. The Bertz CT molecular complexity index is 753. The van der Waals surface area contributed by atoms with E-state index in [0.29, 0.717) is 11.5 Å². The molecule has 2 aromatic carbocycles. The molecule has 0 aliphatic carbocycles. The zero-order chi connectivity index (χ0) is 21.8. The van der Waals surface area contributed by atoms with E-state index in [1.165, 1.54) is 43.7 Å². The Hall–Kier alpha value is -2.06. The highest BCUT2D eigenvalue weighted by atomic mass is 31.2. The molecule has 0 heterocycles. The van der Waals surface area contributed by atoms with Crippen LogP contribution in [-0.2, 0) is 22.2 Å². The van der Waals surface area contributed by atoms with Crippen molar-refractivity contribution in [2.24, 2.45) is 0 Å². The van der Waals surface area contributed by atoms with Crippen molar-refractivity contribution in [2.75, 3.05) is 6.16 Å². The van der Waals surface area contributed by atoms with Gasteiger partial charge in [-0.2, -0.15) is 0 Å². The van der Waals surface area contributed by atoms with Gasteiger partial charge in [0.2, 0.25) is 0 Å². The van der Waals surface area contributed by atoms with Gasteiger partial charge < -0.3 is 9.05 Å². The van der Waals surface area contributed by atoms with Crippen molar-refractivity contribution >= 4 is 13.4 Å². The van der Waals surface area contributed by atoms with Crippen molar-refractivity contribution in [3.63, 3.8) is 0 Å². The number of rotatable bonds is 14. The highest BCUT2D eigenvalue weighted by Crippen LogP contribution is 2.48. The van der Waals surface area contributed by atoms with E-state index in [1.807, 2.05) is 24.3 Å². The summed E-state index contributed by atoms with van der Waals surface area (Å²) in [6.45, 7) is 5.76. The van der Waals surface area contributed by atoms with Crippen LogP contribution in [0.4, 0.5) is 0 Å². The summed E-state index contributed by atoms with van der Waals surface area (Å²) < 4.78 is 24.7. The minimum atomic E-state index is -3.65. The maximum atomic E-state index is 13.3. The van der Waals surface area contributed by atoms with E-state index in [4.69, 9.17) is 9.05 Å². The normalized spacial score (nSPS) is 11.3. The molecule has 5 heteroatoms. The number of ketones is 1. The van der Waals surface area contributed by atoms with Gasteiger partial charge in [-0.25, -0.2) is 4.57 Å². The number of unbranched alkanes of at least 4 members (excludes halogenated alkanes) is 4. The monoisotopic (exact) mass is 430 g/mol. The molecule has 2 rings (SSSR count). The topological polar surface area (TPSA) is 52.6 Å². The van der Waals surface area contributed by atoms with E-state index >= 15 is 0 Å². The van der Waals surface area contributed by atoms with Crippen LogP contribution < -0.4 is 9.05 Å². The van der Waals surface area contributed by atoms with Crippen molar-refractivity contribution in [2.45, 2.75) is 72.1 Å². The van der Waals surface area contributed by atoms with Crippen molar-refractivity contribution < 1.29 is 18.4 Å². The molecule has 0 saturated heterocycles. The number of hydrogen-bond donors (Lipinski definition) is 0. The second-order valence-corrected chi connectivity index (χ2v) is 9.76. The molecule has 0 unspecified atom stereocenters. The quantitative estimate of drug-likeness (QED) is 0.232. The van der Waals surface area contributed by atoms with E-state index in [0.717, 1.165) is 25.7 Å². The van der Waals surface area contributed by atoms with Crippen molar-refractivity contribution in [1.82, 2.24) is 0 Å². The maximum absolute atomic E-state index is 13.3. The highest BCUT2D eigenvalue weighted by molar-refractivity contribution is 7.55. The van der Waals surface area contributed by atoms with Crippen LogP contribution in [0.2, 0.25) is 0 Å². The highest BCUT2D eigenvalue weighted by Gasteiger charge is 2.30. The number of hydrogen-bond acceptors (Lipinski definition) is 4. The van der Waals surface area contributed by atoms with Crippen molar-refractivity contribution in [1.29, 1.82) is 0 Å². The summed E-state index contributed by atoms with van der Waals surface area (Å²) in [6.07, 6.45) is 8.85. The van der Waals surface area contributed by atoms with Gasteiger partial charge in [0, 0.05) is 0 Å². The molecular formula is C25H35O4P. The molecule has 0 bridgehead atoms. The summed E-state index contributed by atoms with van der Waals surface area (Å²) >= 11 is 0. The summed E-state index contributed by atoms with van der Waals surface area (Å²) in [7, 11) is -3.65. The third-order valence-electron chi connectivity index (χ3n) is 4.89. The van der Waals surface area contributed by atoms with Crippen LogP contribution in [0.25, 0.3) is 0 Å². The van der Waals surface area contributed by atoms with Crippen LogP contribution in [0.15, 0.2) is 48.5 Å². The molecule has 164 valence electrons. The number of aryl methyl sites for hydroxylation is 2. The van der Waals surface area contributed by atoms with E-state index in [2.05, 4.69) is 13.8 Å². The molecule has 4 nitrogen and oxygen atoms in total. The zero-order valence-electron chi connectivity index (χ0n) is 18.6. The number of Topliss-reactive ketones (excluding diaryl/α,β-unsaturated/α-hetero) is 1. The van der Waals surface area contributed by atoms with Crippen LogP contribution in [0.3, 0.4) is 0 Å². The first-order valence-corrected chi connectivity index (χ1v) is 12.8. The standard InChI is InChI=1S/C25H35O4P/c1-4-6-8-10-22-12-16-24(17-13-22)28-30(27,20-21(3)26)29-25-18-14-23(15-19-25)11-9-7-5-2/h12-19H,4-11,20H2,1-3H3. The van der Waals surface area contributed by atoms with Gasteiger partial charge >= 0.3 is 7.60 Å². The fraction of sp³-hybridized carbons (Fsp3) is 0.480. The largest absolute Gasteiger partial charge is 0.438 e. The molecule has 30 heavy (non-hydrogen) atoms. The minimum absolute atomic E-state index is 0.231. The average molecular weight is 431 g/mol. The molecule has 0 atom stereocenters. The van der Waals surface area contributed by atoms with Gasteiger partial charge in [-0.05, 0) is 68.0 Å². The van der Waals surface area contributed by atoms with Gasteiger partial charge in [-0.15, -0.1) is 0 Å². The molecular weight excluding hydrogens is 395 g/mol. The molecule has 0 aromatic heterocycles. The second-order valence-electron chi connectivity index (χ2n) is 7.86. The molecule has 0 aliphatic rings. The SMILES string of the molecule is CCCCCc1ccc(OP(=O)(CC(C)=O)Oc2ccc(CCCCC)cc2)cc1. The first-order chi connectivity index (χ1) is 14.4. The Morgan fingerprint density at radius 1 is 0.733 bits per heavy atom. The predicted octanol–water partition coefficient (Wildman–Crippen LogP) is 7.39. The Morgan fingerprint density at radius 2 is 1.13 bits per heavy atom. The fourth-order valence-corrected chi connectivity index (χ4v) is 4.87. The zero-order valence-corrected chi connectivity index (χ0v) is 19.5. The third-order valence-corrected chi connectivity index (χ3v) is 6.70. The van der Waals surface area contributed by atoms with Gasteiger partial charge in [0.05, 0.1) is 0 Å². The molecule has 0 amide bonds. The first kappa shape index (κ1) is 24.2. The maximum Gasteiger partial charge on any atom is 0.438 e. The van der Waals surface area contributed by atoms with E-state index in [-0.39, 0.29) is 11.9 Å². The summed E-state index contributed by atoms with van der Waals surface area (Å²) in [5, 5.41) is 0. The average Bonchev–Trinajstić information content (AvgIpc) is 2.70. The van der Waals surface area contributed by atoms with Gasteiger partial charge in [0.25, 0.3) is 0 Å². The molecule has 2 aromatic rings. The van der Waals surface area contributed by atoms with Gasteiger partial charge in [0.15, 0.2) is 0 Å². The van der Waals surface area contributed by atoms with E-state index in [9.17, 15) is 9.36 Å². The lowest BCUT2D eigenvalue weighted by atomic mass is 10.1. The Labute approximate surface area is 181 Å². The first-order valence-electron chi connectivity index (χ1n) is 11.1. The van der Waals surface area contributed by atoms with Crippen LogP contribution >= 0.6 is 7.60 Å². The minimum Gasteiger partial charge on any atom is -0.416 e. The van der Waals surface area contributed by atoms with Gasteiger partial charge in [-0.1, -0.05) is 63.8 Å². The summed E-state index contributed by atoms with van der Waals surface area (Å²) in [6, 6.07) is 15.1.